The summed E-state index contributed by atoms with van der Waals surface area (Å²) in [5, 5.41) is 6.79. The van der Waals surface area contributed by atoms with Crippen LogP contribution in [0.4, 0.5) is 0 Å². The van der Waals surface area contributed by atoms with E-state index in [0.29, 0.717) is 12.4 Å². The van der Waals surface area contributed by atoms with Crippen LogP contribution in [0.1, 0.15) is 29.7 Å². The van der Waals surface area contributed by atoms with Gasteiger partial charge in [-0.3, -0.25) is 4.99 Å². The summed E-state index contributed by atoms with van der Waals surface area (Å²) in [5.74, 6) is 1.42. The van der Waals surface area contributed by atoms with E-state index in [-0.39, 0.29) is 29.4 Å². The molecule has 0 bridgehead atoms. The average molecular weight is 502 g/mol. The van der Waals surface area contributed by atoms with Crippen LogP contribution in [-0.2, 0) is 12.0 Å². The monoisotopic (exact) mass is 502 g/mol. The first-order valence-electron chi connectivity index (χ1n) is 9.70. The lowest BCUT2D eigenvalue weighted by Gasteiger charge is -2.18. The average Bonchev–Trinajstić information content (AvgIpc) is 3.39. The van der Waals surface area contributed by atoms with Crippen molar-refractivity contribution in [3.05, 3.63) is 77.7 Å². The summed E-state index contributed by atoms with van der Waals surface area (Å²) in [6.45, 7) is 3.51. The zero-order valence-electron chi connectivity index (χ0n) is 16.8. The molecule has 0 spiro atoms. The number of nitrogens with one attached hydrogen (secondary N) is 2. The second kappa shape index (κ2) is 9.43. The predicted molar refractivity (Wildman–Crippen MR) is 128 cm³/mol. The Kier molecular flexibility index (Phi) is 6.95. The highest BCUT2D eigenvalue weighted by atomic mass is 127. The molecule has 0 atom stereocenters. The van der Waals surface area contributed by atoms with Crippen molar-refractivity contribution in [3.63, 3.8) is 0 Å². The maximum absolute atomic E-state index is 5.63. The molecule has 2 aromatic carbocycles. The Morgan fingerprint density at radius 2 is 1.79 bits per heavy atom. The van der Waals surface area contributed by atoms with Gasteiger partial charge in [0.05, 0.1) is 12.2 Å². The Hall–Kier alpha value is -2.35. The third-order valence-corrected chi connectivity index (χ3v) is 5.34. The maximum atomic E-state index is 5.63. The molecular formula is C23H27IN4O. The minimum Gasteiger partial charge on any atom is -0.444 e. The first-order chi connectivity index (χ1) is 13.7. The summed E-state index contributed by atoms with van der Waals surface area (Å²) < 4.78 is 5.63. The summed E-state index contributed by atoms with van der Waals surface area (Å²) in [4.78, 5) is 8.91. The van der Waals surface area contributed by atoms with Crippen molar-refractivity contribution >= 4 is 29.9 Å². The molecule has 5 nitrogen and oxygen atoms in total. The van der Waals surface area contributed by atoms with Crippen molar-refractivity contribution in [1.82, 2.24) is 15.6 Å². The van der Waals surface area contributed by atoms with Crippen LogP contribution in [0.5, 0.6) is 0 Å². The van der Waals surface area contributed by atoms with Crippen molar-refractivity contribution in [3.8, 4) is 11.5 Å². The van der Waals surface area contributed by atoms with Crippen LogP contribution in [0, 0.1) is 6.92 Å². The molecule has 0 unspecified atom stereocenters. The third-order valence-electron chi connectivity index (χ3n) is 5.34. The van der Waals surface area contributed by atoms with Crippen molar-refractivity contribution in [2.75, 3.05) is 13.6 Å². The van der Waals surface area contributed by atoms with Gasteiger partial charge < -0.3 is 15.1 Å². The van der Waals surface area contributed by atoms with Gasteiger partial charge in [-0.1, -0.05) is 48.0 Å². The minimum atomic E-state index is 0. The fraction of sp³-hybridized carbons (Fsp3) is 0.304. The van der Waals surface area contributed by atoms with Crippen molar-refractivity contribution in [2.24, 2.45) is 4.99 Å². The summed E-state index contributed by atoms with van der Waals surface area (Å²) in [6, 6.07) is 18.9. The topological polar surface area (TPSA) is 62.5 Å². The molecular weight excluding hydrogens is 475 g/mol. The number of aromatic nitrogens is 1. The maximum Gasteiger partial charge on any atom is 0.226 e. The van der Waals surface area contributed by atoms with Gasteiger partial charge >= 0.3 is 0 Å². The van der Waals surface area contributed by atoms with Gasteiger partial charge in [-0.05, 0) is 37.5 Å². The molecule has 0 amide bonds. The Balaban J connectivity index is 0.00000240. The lowest BCUT2D eigenvalue weighted by atomic mass is 9.96. The molecule has 3 aromatic rings. The number of benzene rings is 2. The molecule has 6 heteroatoms. The molecule has 4 rings (SSSR count). The van der Waals surface area contributed by atoms with Crippen molar-refractivity contribution in [1.29, 1.82) is 0 Å². The van der Waals surface area contributed by atoms with E-state index in [9.17, 15) is 0 Å². The smallest absolute Gasteiger partial charge is 0.226 e. The highest BCUT2D eigenvalue weighted by Crippen LogP contribution is 2.47. The Morgan fingerprint density at radius 3 is 2.45 bits per heavy atom. The van der Waals surface area contributed by atoms with Crippen LogP contribution >= 0.6 is 24.0 Å². The van der Waals surface area contributed by atoms with Gasteiger partial charge in [0.1, 0.15) is 6.26 Å². The molecule has 2 N–H and O–H groups in total. The number of rotatable bonds is 6. The van der Waals surface area contributed by atoms with Crippen molar-refractivity contribution < 1.29 is 4.42 Å². The largest absolute Gasteiger partial charge is 0.444 e. The van der Waals surface area contributed by atoms with Gasteiger partial charge in [0.2, 0.25) is 5.89 Å². The highest BCUT2D eigenvalue weighted by Gasteiger charge is 2.43. The van der Waals surface area contributed by atoms with Crippen LogP contribution in [0.3, 0.4) is 0 Å². The molecule has 29 heavy (non-hydrogen) atoms. The van der Waals surface area contributed by atoms with E-state index < -0.39 is 0 Å². The Bertz CT molecular complexity index is 947. The highest BCUT2D eigenvalue weighted by molar-refractivity contribution is 14.0. The number of aliphatic imine (C=N–C) groups is 1. The summed E-state index contributed by atoms with van der Waals surface area (Å²) >= 11 is 0. The SMILES string of the molecule is CN=C(NCc1coc(-c2ccc(C)cc2)n1)NCC1(c2ccccc2)CC1.I. The molecule has 1 aliphatic carbocycles. The normalized spacial score (nSPS) is 14.8. The van der Waals surface area contributed by atoms with E-state index in [4.69, 9.17) is 4.42 Å². The van der Waals surface area contributed by atoms with Crippen molar-refractivity contribution in [2.45, 2.75) is 31.7 Å². The zero-order chi connectivity index (χ0) is 19.4. The van der Waals surface area contributed by atoms with Gasteiger partial charge in [-0.25, -0.2) is 4.98 Å². The lowest BCUT2D eigenvalue weighted by molar-refractivity contribution is 0.572. The molecule has 1 aliphatic rings. The number of aryl methyl sites for hydroxylation is 1. The fourth-order valence-electron chi connectivity index (χ4n) is 3.37. The number of guanidine groups is 1. The quantitative estimate of drug-likeness (QED) is 0.292. The van der Waals surface area contributed by atoms with Gasteiger partial charge in [-0.15, -0.1) is 24.0 Å². The number of hydrogen-bond acceptors (Lipinski definition) is 3. The van der Waals surface area contributed by atoms with Gasteiger partial charge in [0.25, 0.3) is 0 Å². The van der Waals surface area contributed by atoms with E-state index in [1.165, 1.54) is 24.0 Å². The molecule has 1 saturated carbocycles. The molecule has 0 radical (unpaired) electrons. The molecule has 1 fully saturated rings. The first-order valence-corrected chi connectivity index (χ1v) is 9.70. The van der Waals surface area contributed by atoms with E-state index >= 15 is 0 Å². The summed E-state index contributed by atoms with van der Waals surface area (Å²) in [5.41, 5.74) is 4.69. The van der Waals surface area contributed by atoms with E-state index in [1.807, 2.05) is 12.1 Å². The minimum absolute atomic E-state index is 0. The van der Waals surface area contributed by atoms with Crippen LogP contribution < -0.4 is 10.6 Å². The second-order valence-corrected chi connectivity index (χ2v) is 7.44. The number of oxazole rings is 1. The van der Waals surface area contributed by atoms with Gasteiger partial charge in [-0.2, -0.15) is 0 Å². The number of nitrogens with zero attached hydrogens (tertiary/aromatic N) is 2. The standard InChI is InChI=1S/C23H26N4O.HI/c1-17-8-10-18(11-9-17)21-27-20(15-28-21)14-25-22(24-2)26-16-23(12-13-23)19-6-4-3-5-7-19;/h3-11,15H,12-14,16H2,1-2H3,(H2,24,25,26);1H. The molecule has 1 heterocycles. The van der Waals surface area contributed by atoms with E-state index in [1.54, 1.807) is 13.3 Å². The van der Waals surface area contributed by atoms with Crippen LogP contribution in [0.2, 0.25) is 0 Å². The first kappa shape index (κ1) is 21.4. The Morgan fingerprint density at radius 1 is 1.07 bits per heavy atom. The van der Waals surface area contributed by atoms with Crippen LogP contribution in [0.15, 0.2) is 70.3 Å². The number of halogens is 1. The van der Waals surface area contributed by atoms with Gasteiger partial charge in [0, 0.05) is 24.6 Å². The van der Waals surface area contributed by atoms with Gasteiger partial charge in [0.15, 0.2) is 5.96 Å². The lowest BCUT2D eigenvalue weighted by Crippen LogP contribution is -2.40. The third kappa shape index (κ3) is 5.18. The summed E-state index contributed by atoms with van der Waals surface area (Å²) in [6.07, 6.45) is 4.12. The molecule has 1 aromatic heterocycles. The van der Waals surface area contributed by atoms with Crippen LogP contribution in [0.25, 0.3) is 11.5 Å². The molecule has 152 valence electrons. The second-order valence-electron chi connectivity index (χ2n) is 7.44. The zero-order valence-corrected chi connectivity index (χ0v) is 19.1. The molecule has 0 saturated heterocycles. The van der Waals surface area contributed by atoms with E-state index in [2.05, 4.69) is 70.0 Å². The predicted octanol–water partition coefficient (Wildman–Crippen LogP) is 4.66. The fourth-order valence-corrected chi connectivity index (χ4v) is 3.37. The number of hydrogen-bond donors (Lipinski definition) is 2. The van der Waals surface area contributed by atoms with E-state index in [0.717, 1.165) is 23.8 Å². The Labute approximate surface area is 189 Å². The molecule has 0 aliphatic heterocycles. The summed E-state index contributed by atoms with van der Waals surface area (Å²) in [7, 11) is 1.79. The van der Waals surface area contributed by atoms with Crippen LogP contribution in [-0.4, -0.2) is 24.5 Å².